The van der Waals surface area contributed by atoms with Gasteiger partial charge in [0.05, 0.1) is 30.7 Å². The van der Waals surface area contributed by atoms with Gasteiger partial charge in [-0.3, -0.25) is 9.59 Å². The van der Waals surface area contributed by atoms with Gasteiger partial charge in [-0.25, -0.2) is 0 Å². The number of amides is 1. The Labute approximate surface area is 169 Å². The van der Waals surface area contributed by atoms with Crippen LogP contribution in [-0.4, -0.2) is 38.1 Å². The molecule has 6 nitrogen and oxygen atoms in total. The number of methoxy groups -OCH3 is 2. The molecule has 0 aliphatic carbocycles. The van der Waals surface area contributed by atoms with Gasteiger partial charge in [-0.1, -0.05) is 6.07 Å². The molecule has 0 bridgehead atoms. The lowest BCUT2D eigenvalue weighted by Gasteiger charge is -2.19. The number of fused-ring (bicyclic) bond motifs is 1. The molecule has 3 rings (SSSR count). The van der Waals surface area contributed by atoms with Crippen molar-refractivity contribution in [3.63, 3.8) is 0 Å². The summed E-state index contributed by atoms with van der Waals surface area (Å²) in [7, 11) is 3.11. The summed E-state index contributed by atoms with van der Waals surface area (Å²) in [5.41, 5.74) is 1.56. The van der Waals surface area contributed by atoms with Crippen LogP contribution >= 0.6 is 0 Å². The van der Waals surface area contributed by atoms with Gasteiger partial charge in [-0.15, -0.1) is 0 Å². The molecule has 3 aromatic rings. The maximum Gasteiger partial charge on any atom is 0.257 e. The highest BCUT2D eigenvalue weighted by atomic mass is 16.5. The summed E-state index contributed by atoms with van der Waals surface area (Å²) in [4.78, 5) is 27.8. The van der Waals surface area contributed by atoms with E-state index in [-0.39, 0.29) is 16.9 Å². The van der Waals surface area contributed by atoms with Crippen LogP contribution in [-0.2, 0) is 0 Å². The van der Waals surface area contributed by atoms with Crippen molar-refractivity contribution in [2.75, 3.05) is 27.3 Å². The lowest BCUT2D eigenvalue weighted by molar-refractivity contribution is 0.0774. The fourth-order valence-corrected chi connectivity index (χ4v) is 3.40. The van der Waals surface area contributed by atoms with Crippen LogP contribution in [0.4, 0.5) is 0 Å². The van der Waals surface area contributed by atoms with E-state index in [1.165, 1.54) is 0 Å². The Balaban J connectivity index is 2.31. The standard InChI is InChI=1S/C23H25NO5/c1-6-24(7-2)23(26)18-10-8-9-17-20(25)14(3)21(29-22(17)18)16-12-11-15(27-4)13-19(16)28-5/h8-13H,6-7H2,1-5H3. The van der Waals surface area contributed by atoms with Crippen LogP contribution in [0, 0.1) is 6.92 Å². The lowest BCUT2D eigenvalue weighted by Crippen LogP contribution is -2.30. The zero-order valence-corrected chi connectivity index (χ0v) is 17.4. The van der Waals surface area contributed by atoms with Crippen molar-refractivity contribution in [1.82, 2.24) is 4.90 Å². The first-order valence-electron chi connectivity index (χ1n) is 9.54. The summed E-state index contributed by atoms with van der Waals surface area (Å²) in [6.45, 7) is 6.69. The fraction of sp³-hybridized carbons (Fsp3) is 0.304. The van der Waals surface area contributed by atoms with Gasteiger partial charge in [-0.05, 0) is 45.0 Å². The number of rotatable bonds is 6. The van der Waals surface area contributed by atoms with Crippen molar-refractivity contribution < 1.29 is 18.7 Å². The highest BCUT2D eigenvalue weighted by Gasteiger charge is 2.22. The van der Waals surface area contributed by atoms with E-state index >= 15 is 0 Å². The Hall–Kier alpha value is -3.28. The van der Waals surface area contributed by atoms with Crippen molar-refractivity contribution in [1.29, 1.82) is 0 Å². The number of hydrogen-bond donors (Lipinski definition) is 0. The molecule has 0 radical (unpaired) electrons. The molecule has 1 amide bonds. The average Bonchev–Trinajstić information content (AvgIpc) is 2.76. The molecule has 0 atom stereocenters. The van der Waals surface area contributed by atoms with Gasteiger partial charge in [0.1, 0.15) is 17.3 Å². The number of carbonyl (C=O) groups is 1. The van der Waals surface area contributed by atoms with Gasteiger partial charge in [0.2, 0.25) is 0 Å². The summed E-state index contributed by atoms with van der Waals surface area (Å²) in [5.74, 6) is 1.35. The molecule has 29 heavy (non-hydrogen) atoms. The first kappa shape index (κ1) is 20.5. The molecule has 0 spiro atoms. The van der Waals surface area contributed by atoms with Crippen molar-refractivity contribution in [2.24, 2.45) is 0 Å². The van der Waals surface area contributed by atoms with E-state index < -0.39 is 0 Å². The molecule has 0 fully saturated rings. The molecular weight excluding hydrogens is 370 g/mol. The molecule has 0 saturated heterocycles. The predicted octanol–water partition coefficient (Wildman–Crippen LogP) is 4.27. The zero-order valence-electron chi connectivity index (χ0n) is 17.4. The first-order valence-corrected chi connectivity index (χ1v) is 9.54. The second-order valence-corrected chi connectivity index (χ2v) is 6.61. The van der Waals surface area contributed by atoms with E-state index in [1.54, 1.807) is 62.4 Å². The van der Waals surface area contributed by atoms with Gasteiger partial charge in [0.15, 0.2) is 11.0 Å². The van der Waals surface area contributed by atoms with Crippen LogP contribution in [0.2, 0.25) is 0 Å². The zero-order chi connectivity index (χ0) is 21.1. The fourth-order valence-electron chi connectivity index (χ4n) is 3.40. The van der Waals surface area contributed by atoms with Gasteiger partial charge in [-0.2, -0.15) is 0 Å². The first-order chi connectivity index (χ1) is 14.0. The predicted molar refractivity (Wildman–Crippen MR) is 113 cm³/mol. The maximum atomic E-state index is 13.1. The second kappa shape index (κ2) is 8.39. The highest BCUT2D eigenvalue weighted by Crippen LogP contribution is 2.36. The number of benzene rings is 2. The Bertz CT molecular complexity index is 1110. The Morgan fingerprint density at radius 3 is 2.41 bits per heavy atom. The normalized spacial score (nSPS) is 10.8. The largest absolute Gasteiger partial charge is 0.497 e. The summed E-state index contributed by atoms with van der Waals surface area (Å²) in [6.07, 6.45) is 0. The minimum absolute atomic E-state index is 0.166. The maximum absolute atomic E-state index is 13.1. The Morgan fingerprint density at radius 1 is 1.07 bits per heavy atom. The van der Waals surface area contributed by atoms with E-state index in [4.69, 9.17) is 13.9 Å². The van der Waals surface area contributed by atoms with E-state index in [0.717, 1.165) is 0 Å². The molecule has 0 saturated carbocycles. The molecular formula is C23H25NO5. The quantitative estimate of drug-likeness (QED) is 0.624. The van der Waals surface area contributed by atoms with Crippen molar-refractivity contribution in [2.45, 2.75) is 20.8 Å². The van der Waals surface area contributed by atoms with E-state index in [2.05, 4.69) is 0 Å². The molecule has 0 N–H and O–H groups in total. The summed E-state index contributed by atoms with van der Waals surface area (Å²) < 4.78 is 16.9. The smallest absolute Gasteiger partial charge is 0.257 e. The number of ether oxygens (including phenoxy) is 2. The molecule has 0 aliphatic heterocycles. The third-order valence-corrected chi connectivity index (χ3v) is 5.08. The molecule has 0 aliphatic rings. The Kier molecular flexibility index (Phi) is 5.92. The SMILES string of the molecule is CCN(CC)C(=O)c1cccc2c(=O)c(C)c(-c3ccc(OC)cc3OC)oc12. The Morgan fingerprint density at radius 2 is 1.79 bits per heavy atom. The van der Waals surface area contributed by atoms with Gasteiger partial charge in [0.25, 0.3) is 5.91 Å². The summed E-state index contributed by atoms with van der Waals surface area (Å²) >= 11 is 0. The number of nitrogens with zero attached hydrogens (tertiary/aromatic N) is 1. The van der Waals surface area contributed by atoms with Crippen molar-refractivity contribution in [3.8, 4) is 22.8 Å². The van der Waals surface area contributed by atoms with E-state index in [1.807, 2.05) is 13.8 Å². The van der Waals surface area contributed by atoms with Gasteiger partial charge >= 0.3 is 0 Å². The second-order valence-electron chi connectivity index (χ2n) is 6.61. The molecule has 6 heteroatoms. The monoisotopic (exact) mass is 395 g/mol. The summed E-state index contributed by atoms with van der Waals surface area (Å²) in [5, 5.41) is 0.386. The van der Waals surface area contributed by atoms with E-state index in [0.29, 0.717) is 52.4 Å². The van der Waals surface area contributed by atoms with Gasteiger partial charge < -0.3 is 18.8 Å². The molecule has 2 aromatic carbocycles. The number of para-hydroxylation sites is 1. The molecule has 0 unspecified atom stereocenters. The van der Waals surface area contributed by atoms with Crippen molar-refractivity contribution >= 4 is 16.9 Å². The van der Waals surface area contributed by atoms with Crippen LogP contribution in [0.3, 0.4) is 0 Å². The van der Waals surface area contributed by atoms with E-state index in [9.17, 15) is 9.59 Å². The third kappa shape index (κ3) is 3.58. The molecule has 1 aromatic heterocycles. The summed E-state index contributed by atoms with van der Waals surface area (Å²) in [6, 6.07) is 10.4. The van der Waals surface area contributed by atoms with Crippen LogP contribution in [0.5, 0.6) is 11.5 Å². The average molecular weight is 395 g/mol. The topological polar surface area (TPSA) is 69.0 Å². The third-order valence-electron chi connectivity index (χ3n) is 5.08. The molecule has 1 heterocycles. The number of carbonyl (C=O) groups excluding carboxylic acids is 1. The minimum Gasteiger partial charge on any atom is -0.497 e. The van der Waals surface area contributed by atoms with Crippen LogP contribution in [0.1, 0.15) is 29.8 Å². The van der Waals surface area contributed by atoms with Crippen LogP contribution in [0.15, 0.2) is 45.6 Å². The highest BCUT2D eigenvalue weighted by molar-refractivity contribution is 6.05. The van der Waals surface area contributed by atoms with Crippen LogP contribution < -0.4 is 14.9 Å². The molecule has 152 valence electrons. The van der Waals surface area contributed by atoms with Crippen molar-refractivity contribution in [3.05, 3.63) is 57.7 Å². The lowest BCUT2D eigenvalue weighted by atomic mass is 10.0. The number of hydrogen-bond acceptors (Lipinski definition) is 5. The van der Waals surface area contributed by atoms with Gasteiger partial charge in [0, 0.05) is 24.7 Å². The minimum atomic E-state index is -0.173. The van der Waals surface area contributed by atoms with Crippen LogP contribution in [0.25, 0.3) is 22.3 Å².